The van der Waals surface area contributed by atoms with E-state index in [9.17, 15) is 18.5 Å². The van der Waals surface area contributed by atoms with Gasteiger partial charge in [-0.05, 0) is 25.3 Å². The van der Waals surface area contributed by atoms with Crippen LogP contribution in [0.3, 0.4) is 0 Å². The van der Waals surface area contributed by atoms with E-state index >= 15 is 0 Å². The fraction of sp³-hybridized carbons (Fsp3) is 0.500. The zero-order valence-electron chi connectivity index (χ0n) is 11.7. The molecule has 0 atom stereocenters. The van der Waals surface area contributed by atoms with Crippen LogP contribution in [0.25, 0.3) is 0 Å². The van der Waals surface area contributed by atoms with Crippen molar-refractivity contribution in [1.29, 1.82) is 0 Å². The number of benzene rings is 1. The second-order valence-electron chi connectivity index (χ2n) is 4.43. The summed E-state index contributed by atoms with van der Waals surface area (Å²) in [5.41, 5.74) is 5.25. The van der Waals surface area contributed by atoms with Crippen LogP contribution in [0.2, 0.25) is 0 Å². The third-order valence-corrected chi connectivity index (χ3v) is 4.33. The number of anilines is 1. The molecule has 0 heterocycles. The zero-order chi connectivity index (χ0) is 15.9. The van der Waals surface area contributed by atoms with E-state index in [1.807, 2.05) is 0 Å². The summed E-state index contributed by atoms with van der Waals surface area (Å²) < 4.78 is 31.4. The molecule has 0 amide bonds. The summed E-state index contributed by atoms with van der Waals surface area (Å²) in [7, 11) is -2.25. The highest BCUT2D eigenvalue weighted by Crippen LogP contribution is 2.23. The van der Waals surface area contributed by atoms with E-state index in [2.05, 4.69) is 4.72 Å². The van der Waals surface area contributed by atoms with E-state index in [0.717, 1.165) is 18.9 Å². The highest BCUT2D eigenvalue weighted by Gasteiger charge is 2.20. The summed E-state index contributed by atoms with van der Waals surface area (Å²) in [5, 5.41) is 10.7. The average Bonchev–Trinajstić information content (AvgIpc) is 2.42. The lowest BCUT2D eigenvalue weighted by Gasteiger charge is -2.09. The number of nitrogens with one attached hydrogen (secondary N) is 1. The lowest BCUT2D eigenvalue weighted by Crippen LogP contribution is -2.25. The molecule has 0 bridgehead atoms. The number of nitrogens with two attached hydrogens (primary N) is 1. The number of hydrogen-bond acceptors (Lipinski definition) is 6. The van der Waals surface area contributed by atoms with Crippen LogP contribution in [0, 0.1) is 10.1 Å². The third kappa shape index (κ3) is 5.29. The molecule has 0 aliphatic rings. The number of rotatable bonds is 9. The molecular formula is C12H19N3O5S. The molecule has 0 unspecified atom stereocenters. The van der Waals surface area contributed by atoms with Crippen LogP contribution in [0.5, 0.6) is 0 Å². The summed E-state index contributed by atoms with van der Waals surface area (Å²) in [5.74, 6) is 0. The molecule has 0 aliphatic carbocycles. The van der Waals surface area contributed by atoms with Gasteiger partial charge in [0.25, 0.3) is 5.69 Å². The van der Waals surface area contributed by atoms with E-state index in [4.69, 9.17) is 10.5 Å². The third-order valence-electron chi connectivity index (χ3n) is 2.81. The Morgan fingerprint density at radius 1 is 1.33 bits per heavy atom. The standard InChI is InChI=1S/C12H19N3O5S/c1-20-8-4-2-3-7-14-21(18,19)12-9-10(15(16)17)5-6-11(12)13/h5-6,9,14H,2-4,7-8,13H2,1H3. The number of nitrogens with zero attached hydrogens (tertiary/aromatic N) is 1. The van der Waals surface area contributed by atoms with Gasteiger partial charge in [0.1, 0.15) is 4.90 Å². The molecule has 8 nitrogen and oxygen atoms in total. The fourth-order valence-electron chi connectivity index (χ4n) is 1.70. The van der Waals surface area contributed by atoms with Crippen molar-refractivity contribution in [3.05, 3.63) is 28.3 Å². The van der Waals surface area contributed by atoms with Crippen molar-refractivity contribution in [3.63, 3.8) is 0 Å². The summed E-state index contributed by atoms with van der Waals surface area (Å²) in [6.07, 6.45) is 2.31. The Bertz CT molecular complexity index is 589. The van der Waals surface area contributed by atoms with Crippen molar-refractivity contribution in [2.24, 2.45) is 0 Å². The molecule has 9 heteroatoms. The molecule has 0 aromatic heterocycles. The number of unbranched alkanes of at least 4 members (excludes halogenated alkanes) is 2. The lowest BCUT2D eigenvalue weighted by molar-refractivity contribution is -0.385. The maximum absolute atomic E-state index is 12.1. The molecule has 1 aromatic carbocycles. The van der Waals surface area contributed by atoms with Gasteiger partial charge in [0.05, 0.1) is 10.6 Å². The van der Waals surface area contributed by atoms with Gasteiger partial charge in [0.2, 0.25) is 10.0 Å². The molecule has 0 spiro atoms. The molecule has 1 rings (SSSR count). The first-order chi connectivity index (χ1) is 9.88. The van der Waals surface area contributed by atoms with E-state index in [1.54, 1.807) is 7.11 Å². The molecule has 0 radical (unpaired) electrons. The SMILES string of the molecule is COCCCCCNS(=O)(=O)c1cc([N+](=O)[O-])ccc1N. The Kier molecular flexibility index (Phi) is 6.53. The first kappa shape index (κ1) is 17.3. The van der Waals surface area contributed by atoms with Crippen molar-refractivity contribution in [2.75, 3.05) is 26.0 Å². The van der Waals surface area contributed by atoms with Gasteiger partial charge in [-0.25, -0.2) is 13.1 Å². The monoisotopic (exact) mass is 317 g/mol. The summed E-state index contributed by atoms with van der Waals surface area (Å²) in [6, 6.07) is 3.34. The van der Waals surface area contributed by atoms with Crippen molar-refractivity contribution in [2.45, 2.75) is 24.2 Å². The van der Waals surface area contributed by atoms with Crippen LogP contribution in [0.4, 0.5) is 11.4 Å². The minimum absolute atomic E-state index is 0.0208. The molecule has 3 N–H and O–H groups in total. The number of nitro benzene ring substituents is 1. The Morgan fingerprint density at radius 2 is 2.05 bits per heavy atom. The van der Waals surface area contributed by atoms with Crippen molar-refractivity contribution in [1.82, 2.24) is 4.72 Å². The van der Waals surface area contributed by atoms with Crippen LogP contribution in [-0.4, -0.2) is 33.6 Å². The average molecular weight is 317 g/mol. The Balaban J connectivity index is 2.70. The number of hydrogen-bond donors (Lipinski definition) is 2. The Hall–Kier alpha value is -1.71. The van der Waals surface area contributed by atoms with E-state index < -0.39 is 14.9 Å². The number of nitro groups is 1. The normalized spacial score (nSPS) is 11.5. The van der Waals surface area contributed by atoms with Gasteiger partial charge in [-0.2, -0.15) is 0 Å². The number of sulfonamides is 1. The molecule has 1 aromatic rings. The maximum Gasteiger partial charge on any atom is 0.270 e. The van der Waals surface area contributed by atoms with E-state index in [-0.39, 0.29) is 22.8 Å². The van der Waals surface area contributed by atoms with Crippen LogP contribution >= 0.6 is 0 Å². The number of nitrogen functional groups attached to an aromatic ring is 1. The van der Waals surface area contributed by atoms with Crippen molar-refractivity contribution < 1.29 is 18.1 Å². The quantitative estimate of drug-likeness (QED) is 0.306. The maximum atomic E-state index is 12.1. The Morgan fingerprint density at radius 3 is 2.67 bits per heavy atom. The topological polar surface area (TPSA) is 125 Å². The number of methoxy groups -OCH3 is 1. The van der Waals surface area contributed by atoms with E-state index in [1.165, 1.54) is 12.1 Å². The van der Waals surface area contributed by atoms with Crippen LogP contribution < -0.4 is 10.5 Å². The lowest BCUT2D eigenvalue weighted by atomic mass is 10.2. The van der Waals surface area contributed by atoms with E-state index in [0.29, 0.717) is 13.0 Å². The molecule has 0 saturated carbocycles. The second kappa shape index (κ2) is 7.91. The van der Waals surface area contributed by atoms with Gasteiger partial charge in [-0.3, -0.25) is 10.1 Å². The first-order valence-corrected chi connectivity index (χ1v) is 7.89. The summed E-state index contributed by atoms with van der Waals surface area (Å²) in [4.78, 5) is 9.76. The van der Waals surface area contributed by atoms with Crippen LogP contribution in [0.1, 0.15) is 19.3 Å². The van der Waals surface area contributed by atoms with Gasteiger partial charge in [-0.1, -0.05) is 0 Å². The second-order valence-corrected chi connectivity index (χ2v) is 6.17. The smallest absolute Gasteiger partial charge is 0.270 e. The molecule has 118 valence electrons. The van der Waals surface area contributed by atoms with Gasteiger partial charge in [0, 0.05) is 32.4 Å². The summed E-state index contributed by atoms with van der Waals surface area (Å²) >= 11 is 0. The largest absolute Gasteiger partial charge is 0.398 e. The highest BCUT2D eigenvalue weighted by molar-refractivity contribution is 7.89. The first-order valence-electron chi connectivity index (χ1n) is 6.41. The predicted molar refractivity (Wildman–Crippen MR) is 78.4 cm³/mol. The number of non-ortho nitro benzene ring substituents is 1. The molecule has 21 heavy (non-hydrogen) atoms. The van der Waals surface area contributed by atoms with Crippen molar-refractivity contribution >= 4 is 21.4 Å². The zero-order valence-corrected chi connectivity index (χ0v) is 12.6. The summed E-state index contributed by atoms with van der Waals surface area (Å²) in [6.45, 7) is 0.874. The van der Waals surface area contributed by atoms with Crippen molar-refractivity contribution in [3.8, 4) is 0 Å². The molecular weight excluding hydrogens is 298 g/mol. The molecule has 0 saturated heterocycles. The number of ether oxygens (including phenoxy) is 1. The van der Waals surface area contributed by atoms with Gasteiger partial charge in [0.15, 0.2) is 0 Å². The van der Waals surface area contributed by atoms with Gasteiger partial charge in [-0.15, -0.1) is 0 Å². The van der Waals surface area contributed by atoms with Crippen LogP contribution in [-0.2, 0) is 14.8 Å². The van der Waals surface area contributed by atoms with Crippen LogP contribution in [0.15, 0.2) is 23.1 Å². The van der Waals surface area contributed by atoms with Gasteiger partial charge < -0.3 is 10.5 Å². The molecule has 0 aliphatic heterocycles. The minimum Gasteiger partial charge on any atom is -0.398 e. The Labute approximate surface area is 123 Å². The highest BCUT2D eigenvalue weighted by atomic mass is 32.2. The fourth-order valence-corrected chi connectivity index (χ4v) is 2.92. The predicted octanol–water partition coefficient (Wildman–Crippen LogP) is 1.27. The van der Waals surface area contributed by atoms with Gasteiger partial charge >= 0.3 is 0 Å². The molecule has 0 fully saturated rings. The minimum atomic E-state index is -3.85.